The fourth-order valence-corrected chi connectivity index (χ4v) is 3.22. The molecule has 2 aliphatic rings. The van der Waals surface area contributed by atoms with Crippen LogP contribution in [0.3, 0.4) is 0 Å². The summed E-state index contributed by atoms with van der Waals surface area (Å²) in [7, 11) is 0. The number of amides is 1. The number of thiol groups is 1. The van der Waals surface area contributed by atoms with Gasteiger partial charge in [-0.1, -0.05) is 32.1 Å². The van der Waals surface area contributed by atoms with Crippen molar-refractivity contribution in [1.29, 1.82) is 0 Å². The Labute approximate surface area is 110 Å². The Bertz CT molecular complexity index is 255. The van der Waals surface area contributed by atoms with E-state index in [9.17, 15) is 4.79 Å². The Balaban J connectivity index is 1.72. The second-order valence-corrected chi connectivity index (χ2v) is 6.26. The van der Waals surface area contributed by atoms with Crippen LogP contribution in [0.2, 0.25) is 0 Å². The monoisotopic (exact) mass is 255 g/mol. The van der Waals surface area contributed by atoms with E-state index >= 15 is 0 Å². The summed E-state index contributed by atoms with van der Waals surface area (Å²) in [4.78, 5) is 12.0. The van der Waals surface area contributed by atoms with E-state index in [1.165, 1.54) is 57.8 Å². The Hall–Kier alpha value is -0.180. The first-order chi connectivity index (χ1) is 8.24. The highest BCUT2D eigenvalue weighted by molar-refractivity contribution is 7.80. The predicted octanol–water partition coefficient (Wildman–Crippen LogP) is 3.32. The van der Waals surface area contributed by atoms with Crippen molar-refractivity contribution in [1.82, 2.24) is 5.32 Å². The maximum Gasteiger partial charge on any atom is 0.220 e. The molecule has 2 fully saturated rings. The van der Waals surface area contributed by atoms with E-state index < -0.39 is 0 Å². The molecule has 0 aromatic rings. The molecule has 2 saturated carbocycles. The van der Waals surface area contributed by atoms with Crippen LogP contribution in [0.1, 0.15) is 64.2 Å². The van der Waals surface area contributed by atoms with Gasteiger partial charge in [-0.25, -0.2) is 0 Å². The third-order valence-corrected chi connectivity index (χ3v) is 4.97. The zero-order valence-corrected chi connectivity index (χ0v) is 11.6. The normalized spacial score (nSPS) is 24.8. The molecule has 0 spiro atoms. The number of carbonyl (C=O) groups excluding carboxylic acids is 1. The van der Waals surface area contributed by atoms with Gasteiger partial charge >= 0.3 is 0 Å². The van der Waals surface area contributed by atoms with Gasteiger partial charge in [0.05, 0.1) is 0 Å². The molecule has 17 heavy (non-hydrogen) atoms. The van der Waals surface area contributed by atoms with Crippen molar-refractivity contribution in [3.63, 3.8) is 0 Å². The van der Waals surface area contributed by atoms with E-state index in [1.807, 2.05) is 0 Å². The highest BCUT2D eigenvalue weighted by Gasteiger charge is 2.43. The van der Waals surface area contributed by atoms with Crippen LogP contribution in [0.4, 0.5) is 0 Å². The van der Waals surface area contributed by atoms with Crippen LogP contribution in [0.5, 0.6) is 0 Å². The summed E-state index contributed by atoms with van der Waals surface area (Å²) in [5.41, 5.74) is 0.259. The van der Waals surface area contributed by atoms with E-state index in [4.69, 9.17) is 0 Å². The van der Waals surface area contributed by atoms with Gasteiger partial charge in [0.15, 0.2) is 0 Å². The van der Waals surface area contributed by atoms with Gasteiger partial charge in [0.25, 0.3) is 0 Å². The highest BCUT2D eigenvalue weighted by atomic mass is 32.1. The summed E-state index contributed by atoms with van der Waals surface area (Å²) in [6.45, 7) is 0. The van der Waals surface area contributed by atoms with E-state index in [0.29, 0.717) is 12.5 Å². The number of hydrogen-bond donors (Lipinski definition) is 2. The molecule has 0 atom stereocenters. The molecule has 0 heterocycles. The lowest BCUT2D eigenvalue weighted by Crippen LogP contribution is -2.36. The van der Waals surface area contributed by atoms with Crippen LogP contribution in [-0.4, -0.2) is 17.7 Å². The van der Waals surface area contributed by atoms with Crippen molar-refractivity contribution in [3.05, 3.63) is 0 Å². The molecule has 2 rings (SSSR count). The molecule has 0 aromatic carbocycles. The van der Waals surface area contributed by atoms with E-state index in [2.05, 4.69) is 17.9 Å². The topological polar surface area (TPSA) is 29.1 Å². The van der Waals surface area contributed by atoms with Crippen molar-refractivity contribution in [2.24, 2.45) is 5.41 Å². The molecular formula is C14H25NOS. The highest BCUT2D eigenvalue weighted by Crippen LogP contribution is 2.49. The van der Waals surface area contributed by atoms with E-state index in [-0.39, 0.29) is 11.3 Å². The molecule has 0 bridgehead atoms. The van der Waals surface area contributed by atoms with Crippen molar-refractivity contribution in [2.45, 2.75) is 70.3 Å². The third-order valence-electron chi connectivity index (χ3n) is 4.30. The predicted molar refractivity (Wildman–Crippen MR) is 74.4 cm³/mol. The Morgan fingerprint density at radius 1 is 1.12 bits per heavy atom. The molecule has 0 saturated heterocycles. The van der Waals surface area contributed by atoms with E-state index in [1.54, 1.807) is 0 Å². The first-order valence-corrected chi connectivity index (χ1v) is 7.78. The fourth-order valence-electron chi connectivity index (χ4n) is 2.79. The lowest BCUT2D eigenvalue weighted by Gasteiger charge is -2.22. The maximum absolute atomic E-state index is 12.0. The van der Waals surface area contributed by atoms with Gasteiger partial charge < -0.3 is 5.32 Å². The summed E-state index contributed by atoms with van der Waals surface area (Å²) in [6, 6.07) is 0.443. The van der Waals surface area contributed by atoms with Crippen molar-refractivity contribution in [3.8, 4) is 0 Å². The summed E-state index contributed by atoms with van der Waals surface area (Å²) in [5, 5.41) is 3.24. The molecule has 2 nitrogen and oxygen atoms in total. The number of rotatable bonds is 4. The SMILES string of the molecule is O=C(CC1(CS)CC1)NC1CCCCCCC1. The quantitative estimate of drug-likeness (QED) is 0.741. The molecule has 98 valence electrons. The molecular weight excluding hydrogens is 230 g/mol. The second-order valence-electron chi connectivity index (χ2n) is 5.94. The minimum atomic E-state index is 0.259. The first kappa shape index (κ1) is 13.3. The van der Waals surface area contributed by atoms with Gasteiger partial charge in [-0.15, -0.1) is 0 Å². The Morgan fingerprint density at radius 3 is 2.24 bits per heavy atom. The first-order valence-electron chi connectivity index (χ1n) is 7.14. The number of nitrogens with one attached hydrogen (secondary N) is 1. The molecule has 2 aliphatic carbocycles. The second kappa shape index (κ2) is 6.12. The zero-order chi connectivity index (χ0) is 12.1. The third kappa shape index (κ3) is 4.20. The van der Waals surface area contributed by atoms with Gasteiger partial charge in [0.1, 0.15) is 0 Å². The zero-order valence-electron chi connectivity index (χ0n) is 10.7. The average molecular weight is 255 g/mol. The van der Waals surface area contributed by atoms with Crippen LogP contribution >= 0.6 is 12.6 Å². The van der Waals surface area contributed by atoms with Gasteiger partial charge in [0.2, 0.25) is 5.91 Å². The van der Waals surface area contributed by atoms with Crippen LogP contribution in [-0.2, 0) is 4.79 Å². The largest absolute Gasteiger partial charge is 0.353 e. The summed E-state index contributed by atoms with van der Waals surface area (Å²) in [6.07, 6.45) is 12.1. The number of hydrogen-bond acceptors (Lipinski definition) is 2. The van der Waals surface area contributed by atoms with Crippen molar-refractivity contribution in [2.75, 3.05) is 5.75 Å². The van der Waals surface area contributed by atoms with Gasteiger partial charge in [-0.3, -0.25) is 4.79 Å². The van der Waals surface area contributed by atoms with Gasteiger partial charge in [0, 0.05) is 12.5 Å². The minimum absolute atomic E-state index is 0.259. The molecule has 3 heteroatoms. The smallest absolute Gasteiger partial charge is 0.220 e. The fraction of sp³-hybridized carbons (Fsp3) is 0.929. The van der Waals surface area contributed by atoms with Crippen LogP contribution in [0, 0.1) is 5.41 Å². The lowest BCUT2D eigenvalue weighted by molar-refractivity contribution is -0.122. The van der Waals surface area contributed by atoms with E-state index in [0.717, 1.165) is 5.75 Å². The molecule has 0 aliphatic heterocycles. The van der Waals surface area contributed by atoms with Crippen molar-refractivity contribution < 1.29 is 4.79 Å². The average Bonchev–Trinajstić information content (AvgIpc) is 3.02. The lowest BCUT2D eigenvalue weighted by atomic mass is 9.96. The molecule has 0 radical (unpaired) electrons. The molecule has 0 unspecified atom stereocenters. The van der Waals surface area contributed by atoms with Gasteiger partial charge in [-0.2, -0.15) is 12.6 Å². The summed E-state index contributed by atoms with van der Waals surface area (Å²) in [5.74, 6) is 1.13. The maximum atomic E-state index is 12.0. The Morgan fingerprint density at radius 2 is 1.71 bits per heavy atom. The Kier molecular flexibility index (Phi) is 4.78. The van der Waals surface area contributed by atoms with Crippen LogP contribution in [0.15, 0.2) is 0 Å². The number of carbonyl (C=O) groups is 1. The molecule has 1 amide bonds. The minimum Gasteiger partial charge on any atom is -0.353 e. The van der Waals surface area contributed by atoms with Gasteiger partial charge in [-0.05, 0) is 36.9 Å². The standard InChI is InChI=1S/C14H25NOS/c16-13(10-14(11-17)8-9-14)15-12-6-4-2-1-3-5-7-12/h12,17H,1-11H2,(H,15,16). The van der Waals surface area contributed by atoms with Crippen LogP contribution in [0.25, 0.3) is 0 Å². The molecule has 0 aromatic heterocycles. The molecule has 1 N–H and O–H groups in total. The van der Waals surface area contributed by atoms with Crippen LogP contribution < -0.4 is 5.32 Å². The summed E-state index contributed by atoms with van der Waals surface area (Å²) < 4.78 is 0. The summed E-state index contributed by atoms with van der Waals surface area (Å²) >= 11 is 4.36. The van der Waals surface area contributed by atoms with Crippen molar-refractivity contribution >= 4 is 18.5 Å².